The van der Waals surface area contributed by atoms with Gasteiger partial charge in [-0.25, -0.2) is 4.98 Å². The molecule has 40 heavy (non-hydrogen) atoms. The molecule has 0 atom stereocenters. The molecule has 3 heterocycles. The van der Waals surface area contributed by atoms with Crippen molar-refractivity contribution in [2.45, 2.75) is 17.3 Å². The molecule has 3 aromatic heterocycles. The fourth-order valence-electron chi connectivity index (χ4n) is 4.09. The average Bonchev–Trinajstić information content (AvgIpc) is 3.66. The van der Waals surface area contributed by atoms with Crippen molar-refractivity contribution in [2.75, 3.05) is 27.8 Å². The van der Waals surface area contributed by atoms with Crippen LogP contribution in [0, 0.1) is 0 Å². The number of rotatable bonds is 11. The van der Waals surface area contributed by atoms with Crippen LogP contribution in [-0.4, -0.2) is 63.4 Å². The Labute approximate surface area is 240 Å². The number of hydrogen-bond donors (Lipinski definition) is 0. The van der Waals surface area contributed by atoms with E-state index in [2.05, 4.69) is 20.2 Å². The van der Waals surface area contributed by atoms with Gasteiger partial charge in [-0.2, -0.15) is 0 Å². The third-order valence-corrected chi connectivity index (χ3v) is 8.18. The monoisotopic (exact) mass is 572 g/mol. The van der Waals surface area contributed by atoms with Crippen LogP contribution >= 0.6 is 23.1 Å². The van der Waals surface area contributed by atoms with Crippen molar-refractivity contribution < 1.29 is 14.3 Å². The van der Waals surface area contributed by atoms with E-state index in [1.165, 1.54) is 23.1 Å². The van der Waals surface area contributed by atoms with Crippen molar-refractivity contribution in [3.63, 3.8) is 0 Å². The number of likely N-dealkylation sites (N-methyl/N-ethyl adjacent to an activating group) is 1. The molecule has 0 saturated carbocycles. The number of hydrogen-bond acceptors (Lipinski definition) is 9. The Morgan fingerprint density at radius 2 is 1.77 bits per heavy atom. The molecular weight excluding hydrogens is 544 g/mol. The maximum atomic E-state index is 13.1. The van der Waals surface area contributed by atoms with E-state index in [9.17, 15) is 4.79 Å². The minimum Gasteiger partial charge on any atom is -0.493 e. The first-order valence-corrected chi connectivity index (χ1v) is 14.4. The van der Waals surface area contributed by atoms with Crippen LogP contribution in [0.1, 0.15) is 21.1 Å². The molecule has 0 fully saturated rings. The zero-order valence-corrected chi connectivity index (χ0v) is 24.0. The molecule has 5 aromatic rings. The second kappa shape index (κ2) is 12.8. The number of thioether (sulfide) groups is 1. The van der Waals surface area contributed by atoms with Gasteiger partial charge in [-0.1, -0.05) is 36.0 Å². The van der Waals surface area contributed by atoms with Crippen LogP contribution in [0.15, 0.2) is 83.6 Å². The first kappa shape index (κ1) is 27.4. The summed E-state index contributed by atoms with van der Waals surface area (Å²) in [5.41, 5.74) is 3.39. The number of methoxy groups -OCH3 is 2. The highest BCUT2D eigenvalue weighted by Gasteiger charge is 2.19. The lowest BCUT2D eigenvalue weighted by atomic mass is 10.1. The average molecular weight is 573 g/mol. The van der Waals surface area contributed by atoms with Gasteiger partial charge < -0.3 is 14.4 Å². The van der Waals surface area contributed by atoms with Crippen molar-refractivity contribution in [1.82, 2.24) is 29.6 Å². The molecule has 0 unspecified atom stereocenters. The zero-order valence-electron chi connectivity index (χ0n) is 22.4. The number of nitrogens with zero attached hydrogens (tertiary/aromatic N) is 6. The van der Waals surface area contributed by atoms with Crippen LogP contribution in [-0.2, 0) is 12.2 Å². The highest BCUT2D eigenvalue weighted by atomic mass is 32.2. The molecule has 9 nitrogen and oxygen atoms in total. The van der Waals surface area contributed by atoms with Crippen LogP contribution in [0.25, 0.3) is 17.1 Å². The summed E-state index contributed by atoms with van der Waals surface area (Å²) in [6.07, 6.45) is 4.17. The quantitative estimate of drug-likeness (QED) is 0.194. The molecule has 0 saturated heterocycles. The van der Waals surface area contributed by atoms with Crippen molar-refractivity contribution in [3.8, 4) is 28.6 Å². The summed E-state index contributed by atoms with van der Waals surface area (Å²) in [6, 6.07) is 19.6. The number of para-hydroxylation sites is 1. The van der Waals surface area contributed by atoms with Gasteiger partial charge in [0.05, 0.1) is 20.0 Å². The fraction of sp³-hybridized carbons (Fsp3) is 0.207. The van der Waals surface area contributed by atoms with Gasteiger partial charge in [0.15, 0.2) is 22.5 Å². The molecule has 0 radical (unpaired) electrons. The fourth-order valence-corrected chi connectivity index (χ4v) is 5.83. The lowest BCUT2D eigenvalue weighted by Gasteiger charge is -2.16. The topological polar surface area (TPSA) is 95.3 Å². The first-order valence-electron chi connectivity index (χ1n) is 12.5. The third kappa shape index (κ3) is 6.16. The number of carbonyl (C=O) groups excluding carboxylic acids is 1. The maximum absolute atomic E-state index is 13.1. The van der Waals surface area contributed by atoms with Gasteiger partial charge in [0.2, 0.25) is 0 Å². The van der Waals surface area contributed by atoms with E-state index in [0.717, 1.165) is 32.8 Å². The van der Waals surface area contributed by atoms with E-state index in [-0.39, 0.29) is 5.91 Å². The summed E-state index contributed by atoms with van der Waals surface area (Å²) in [5.74, 6) is 2.54. The van der Waals surface area contributed by atoms with Crippen LogP contribution in [0.2, 0.25) is 0 Å². The largest absolute Gasteiger partial charge is 0.493 e. The van der Waals surface area contributed by atoms with Gasteiger partial charge in [-0.3, -0.25) is 14.3 Å². The van der Waals surface area contributed by atoms with E-state index in [0.29, 0.717) is 35.9 Å². The standard InChI is InChI=1S/C29H28N6O3S2/c1-34(16-13-20-9-10-24(37-2)25(17-20)38-3)28(36)23-18-39-26(31-23)19-40-29-33-32-27(21-11-14-30-15-12-21)35(29)22-7-5-4-6-8-22/h4-12,14-15,17-18H,13,16,19H2,1-3H3. The molecular formula is C29H28N6O3S2. The molecule has 1 amide bonds. The SMILES string of the molecule is COc1ccc(CCN(C)C(=O)c2csc(CSc3nnc(-c4ccncc4)n3-c3ccccc3)n2)cc1OC. The smallest absolute Gasteiger partial charge is 0.273 e. The minimum absolute atomic E-state index is 0.111. The zero-order chi connectivity index (χ0) is 27.9. The molecule has 0 aliphatic rings. The van der Waals surface area contributed by atoms with E-state index in [1.807, 2.05) is 70.6 Å². The van der Waals surface area contributed by atoms with Crippen molar-refractivity contribution in [3.05, 3.63) is 94.7 Å². The summed E-state index contributed by atoms with van der Waals surface area (Å²) in [7, 11) is 5.01. The predicted octanol–water partition coefficient (Wildman–Crippen LogP) is 5.41. The first-order chi connectivity index (χ1) is 19.6. The van der Waals surface area contributed by atoms with Gasteiger partial charge in [0.25, 0.3) is 5.91 Å². The van der Waals surface area contributed by atoms with Crippen molar-refractivity contribution in [1.29, 1.82) is 0 Å². The Kier molecular flexibility index (Phi) is 8.72. The summed E-state index contributed by atoms with van der Waals surface area (Å²) in [4.78, 5) is 23.5. The number of pyridine rings is 1. The Morgan fingerprint density at radius 3 is 2.52 bits per heavy atom. The summed E-state index contributed by atoms with van der Waals surface area (Å²) in [6.45, 7) is 0.549. The van der Waals surface area contributed by atoms with E-state index in [1.54, 1.807) is 38.6 Å². The van der Waals surface area contributed by atoms with E-state index < -0.39 is 0 Å². The Balaban J connectivity index is 1.25. The van der Waals surface area contributed by atoms with Gasteiger partial charge in [0, 0.05) is 42.6 Å². The van der Waals surface area contributed by atoms with Crippen LogP contribution < -0.4 is 9.47 Å². The van der Waals surface area contributed by atoms with Crippen LogP contribution in [0.4, 0.5) is 0 Å². The Bertz CT molecular complexity index is 1570. The molecule has 0 spiro atoms. The lowest BCUT2D eigenvalue weighted by molar-refractivity contribution is 0.0791. The predicted molar refractivity (Wildman–Crippen MR) is 156 cm³/mol. The highest BCUT2D eigenvalue weighted by molar-refractivity contribution is 7.98. The van der Waals surface area contributed by atoms with Crippen LogP contribution in [0.3, 0.4) is 0 Å². The normalized spacial score (nSPS) is 10.9. The lowest BCUT2D eigenvalue weighted by Crippen LogP contribution is -2.29. The maximum Gasteiger partial charge on any atom is 0.273 e. The Hall–Kier alpha value is -4.22. The van der Waals surface area contributed by atoms with E-state index >= 15 is 0 Å². The van der Waals surface area contributed by atoms with Gasteiger partial charge in [-0.05, 0) is 48.4 Å². The van der Waals surface area contributed by atoms with Crippen molar-refractivity contribution >= 4 is 29.0 Å². The molecule has 11 heteroatoms. The molecule has 2 aromatic carbocycles. The summed E-state index contributed by atoms with van der Waals surface area (Å²) < 4.78 is 12.7. The molecule has 5 rings (SSSR count). The highest BCUT2D eigenvalue weighted by Crippen LogP contribution is 2.31. The third-order valence-electron chi connectivity index (χ3n) is 6.21. The molecule has 0 aliphatic carbocycles. The second-order valence-corrected chi connectivity index (χ2v) is 10.7. The van der Waals surface area contributed by atoms with Crippen molar-refractivity contribution in [2.24, 2.45) is 0 Å². The van der Waals surface area contributed by atoms with Gasteiger partial charge >= 0.3 is 0 Å². The Morgan fingerprint density at radius 1 is 1.00 bits per heavy atom. The number of amides is 1. The van der Waals surface area contributed by atoms with Gasteiger partial charge in [-0.15, -0.1) is 21.5 Å². The summed E-state index contributed by atoms with van der Waals surface area (Å²) >= 11 is 3.00. The minimum atomic E-state index is -0.111. The number of thiazole rings is 1. The molecule has 0 bridgehead atoms. The van der Waals surface area contributed by atoms with E-state index in [4.69, 9.17) is 9.47 Å². The van der Waals surface area contributed by atoms with Crippen LogP contribution in [0.5, 0.6) is 11.5 Å². The summed E-state index contributed by atoms with van der Waals surface area (Å²) in [5, 5.41) is 12.3. The molecule has 0 N–H and O–H groups in total. The number of aromatic nitrogens is 5. The molecule has 0 aliphatic heterocycles. The number of carbonyl (C=O) groups is 1. The second-order valence-electron chi connectivity index (χ2n) is 8.79. The number of benzene rings is 2. The number of ether oxygens (including phenoxy) is 2. The molecule has 204 valence electrons. The van der Waals surface area contributed by atoms with Gasteiger partial charge in [0.1, 0.15) is 10.7 Å².